The summed E-state index contributed by atoms with van der Waals surface area (Å²) >= 11 is 0. The molecule has 1 aromatic carbocycles. The zero-order valence-electron chi connectivity index (χ0n) is 11.9. The molecule has 0 radical (unpaired) electrons. The second-order valence-corrected chi connectivity index (χ2v) is 4.46. The van der Waals surface area contributed by atoms with Crippen molar-refractivity contribution in [2.75, 3.05) is 7.11 Å². The molecule has 110 valence electrons. The lowest BCUT2D eigenvalue weighted by molar-refractivity contribution is 0.292. The van der Waals surface area contributed by atoms with Crippen molar-refractivity contribution in [3.63, 3.8) is 0 Å². The molecule has 1 heterocycles. The van der Waals surface area contributed by atoms with Gasteiger partial charge in [-0.2, -0.15) is 0 Å². The van der Waals surface area contributed by atoms with Crippen molar-refractivity contribution in [3.05, 3.63) is 53.2 Å². The Morgan fingerprint density at radius 3 is 2.86 bits per heavy atom. The molecule has 2 aromatic rings. The van der Waals surface area contributed by atoms with E-state index in [9.17, 15) is 0 Å². The van der Waals surface area contributed by atoms with E-state index in [0.717, 1.165) is 17.0 Å². The fourth-order valence-electron chi connectivity index (χ4n) is 1.84. The number of rotatable bonds is 5. The van der Waals surface area contributed by atoms with Crippen LogP contribution in [0.3, 0.4) is 0 Å². The molecule has 0 saturated carbocycles. The highest BCUT2D eigenvalue weighted by Crippen LogP contribution is 2.17. The summed E-state index contributed by atoms with van der Waals surface area (Å²) in [5.41, 5.74) is 7.82. The minimum atomic E-state index is 0.0201. The van der Waals surface area contributed by atoms with Crippen molar-refractivity contribution < 1.29 is 14.7 Å². The van der Waals surface area contributed by atoms with Crippen LogP contribution in [0.25, 0.3) is 0 Å². The Balaban J connectivity index is 2.14. The molecule has 0 amide bonds. The maximum absolute atomic E-state index is 8.72. The summed E-state index contributed by atoms with van der Waals surface area (Å²) in [7, 11) is 1.62. The number of methoxy groups -OCH3 is 1. The third-order valence-corrected chi connectivity index (χ3v) is 2.85. The molecule has 6 heteroatoms. The van der Waals surface area contributed by atoms with Gasteiger partial charge in [-0.3, -0.25) is 0 Å². The molecule has 0 aliphatic carbocycles. The predicted octanol–water partition coefficient (Wildman–Crippen LogP) is 2.07. The lowest BCUT2D eigenvalue weighted by Crippen LogP contribution is -2.14. The van der Waals surface area contributed by atoms with Gasteiger partial charge in [-0.25, -0.2) is 4.98 Å². The van der Waals surface area contributed by atoms with Crippen LogP contribution in [0.5, 0.6) is 11.6 Å². The molecule has 1 aromatic heterocycles. The zero-order valence-corrected chi connectivity index (χ0v) is 11.9. The van der Waals surface area contributed by atoms with Crippen molar-refractivity contribution in [1.82, 2.24) is 4.98 Å². The van der Waals surface area contributed by atoms with E-state index < -0.39 is 0 Å². The number of nitrogens with two attached hydrogens (primary N) is 1. The van der Waals surface area contributed by atoms with Crippen LogP contribution < -0.4 is 15.2 Å². The number of aryl methyl sites for hydroxylation is 1. The van der Waals surface area contributed by atoms with E-state index in [4.69, 9.17) is 20.4 Å². The molecule has 0 aliphatic heterocycles. The Morgan fingerprint density at radius 1 is 1.33 bits per heavy atom. The smallest absolute Gasteiger partial charge is 0.214 e. The second-order valence-electron chi connectivity index (χ2n) is 4.46. The van der Waals surface area contributed by atoms with Gasteiger partial charge in [0.2, 0.25) is 5.88 Å². The first-order chi connectivity index (χ1) is 10.1. The van der Waals surface area contributed by atoms with E-state index in [1.807, 2.05) is 31.2 Å². The van der Waals surface area contributed by atoms with Gasteiger partial charge in [0.1, 0.15) is 12.4 Å². The summed E-state index contributed by atoms with van der Waals surface area (Å²) in [6.07, 6.45) is 0. The Morgan fingerprint density at radius 2 is 2.14 bits per heavy atom. The monoisotopic (exact) mass is 287 g/mol. The number of pyridine rings is 1. The normalized spacial score (nSPS) is 11.2. The van der Waals surface area contributed by atoms with Crippen molar-refractivity contribution >= 4 is 5.84 Å². The first-order valence-electron chi connectivity index (χ1n) is 6.34. The number of hydrogen-bond donors (Lipinski definition) is 2. The Kier molecular flexibility index (Phi) is 4.61. The SMILES string of the molecule is COc1cccc(COc2cc(/C(N)=N/O)cc(C)n2)c1. The lowest BCUT2D eigenvalue weighted by Gasteiger charge is -2.09. The molecule has 0 atom stereocenters. The van der Waals surface area contributed by atoms with Crippen LogP contribution in [0, 0.1) is 6.92 Å². The number of ether oxygens (including phenoxy) is 2. The van der Waals surface area contributed by atoms with Crippen LogP contribution in [0.15, 0.2) is 41.6 Å². The summed E-state index contributed by atoms with van der Waals surface area (Å²) in [5.74, 6) is 1.21. The van der Waals surface area contributed by atoms with E-state index in [-0.39, 0.29) is 5.84 Å². The fraction of sp³-hybridized carbons (Fsp3) is 0.200. The molecule has 3 N–H and O–H groups in total. The van der Waals surface area contributed by atoms with Crippen molar-refractivity contribution in [1.29, 1.82) is 0 Å². The molecule has 0 fully saturated rings. The third-order valence-electron chi connectivity index (χ3n) is 2.85. The molecule has 6 nitrogen and oxygen atoms in total. The predicted molar refractivity (Wildman–Crippen MR) is 78.8 cm³/mol. The molecule has 0 aliphatic rings. The maximum Gasteiger partial charge on any atom is 0.214 e. The van der Waals surface area contributed by atoms with Crippen LogP contribution in [-0.4, -0.2) is 23.1 Å². The standard InChI is InChI=1S/C15H17N3O3/c1-10-6-12(15(16)18-19)8-14(17-10)21-9-11-4-3-5-13(7-11)20-2/h3-8,19H,9H2,1-2H3,(H2,16,18). The Hall–Kier alpha value is -2.76. The molecular weight excluding hydrogens is 270 g/mol. The van der Waals surface area contributed by atoms with Crippen LogP contribution in [0.2, 0.25) is 0 Å². The maximum atomic E-state index is 8.72. The van der Waals surface area contributed by atoms with Crippen molar-refractivity contribution in [3.8, 4) is 11.6 Å². The van der Waals surface area contributed by atoms with Crippen LogP contribution in [0.4, 0.5) is 0 Å². The van der Waals surface area contributed by atoms with Gasteiger partial charge in [0.15, 0.2) is 5.84 Å². The molecule has 0 unspecified atom stereocenters. The summed E-state index contributed by atoms with van der Waals surface area (Å²) in [6.45, 7) is 2.16. The minimum Gasteiger partial charge on any atom is -0.497 e. The average molecular weight is 287 g/mol. The van der Waals surface area contributed by atoms with Crippen LogP contribution in [0.1, 0.15) is 16.8 Å². The Bertz CT molecular complexity index is 656. The van der Waals surface area contributed by atoms with Gasteiger partial charge in [0, 0.05) is 17.3 Å². The first-order valence-corrected chi connectivity index (χ1v) is 6.34. The zero-order chi connectivity index (χ0) is 15.2. The minimum absolute atomic E-state index is 0.0201. The highest BCUT2D eigenvalue weighted by atomic mass is 16.5. The molecule has 2 rings (SSSR count). The van der Waals surface area contributed by atoms with Gasteiger partial charge in [0.25, 0.3) is 0 Å². The average Bonchev–Trinajstić information content (AvgIpc) is 2.51. The molecular formula is C15H17N3O3. The number of hydrogen-bond acceptors (Lipinski definition) is 5. The van der Waals surface area contributed by atoms with Gasteiger partial charge >= 0.3 is 0 Å². The van der Waals surface area contributed by atoms with Crippen molar-refractivity contribution in [2.24, 2.45) is 10.9 Å². The highest BCUT2D eigenvalue weighted by molar-refractivity contribution is 5.97. The van der Waals surface area contributed by atoms with Gasteiger partial charge in [-0.05, 0) is 30.7 Å². The van der Waals surface area contributed by atoms with Gasteiger partial charge < -0.3 is 20.4 Å². The first kappa shape index (κ1) is 14.6. The number of aromatic nitrogens is 1. The number of nitrogens with zero attached hydrogens (tertiary/aromatic N) is 2. The van der Waals surface area contributed by atoms with Gasteiger partial charge in [0.05, 0.1) is 7.11 Å². The second kappa shape index (κ2) is 6.60. The van der Waals surface area contributed by atoms with E-state index >= 15 is 0 Å². The lowest BCUT2D eigenvalue weighted by atomic mass is 10.2. The topological polar surface area (TPSA) is 90.0 Å². The van der Waals surface area contributed by atoms with E-state index in [1.165, 1.54) is 0 Å². The summed E-state index contributed by atoms with van der Waals surface area (Å²) < 4.78 is 10.8. The summed E-state index contributed by atoms with van der Waals surface area (Å²) in [5, 5.41) is 11.7. The quantitative estimate of drug-likeness (QED) is 0.380. The number of amidine groups is 1. The summed E-state index contributed by atoms with van der Waals surface area (Å²) in [6, 6.07) is 10.9. The van der Waals surface area contributed by atoms with Crippen LogP contribution in [-0.2, 0) is 6.61 Å². The largest absolute Gasteiger partial charge is 0.497 e. The molecule has 21 heavy (non-hydrogen) atoms. The molecule has 0 bridgehead atoms. The molecule has 0 spiro atoms. The number of benzene rings is 1. The van der Waals surface area contributed by atoms with Crippen LogP contribution >= 0.6 is 0 Å². The molecule has 0 saturated heterocycles. The number of oxime groups is 1. The summed E-state index contributed by atoms with van der Waals surface area (Å²) in [4.78, 5) is 4.26. The third kappa shape index (κ3) is 3.85. The highest BCUT2D eigenvalue weighted by Gasteiger charge is 2.06. The van der Waals surface area contributed by atoms with Crippen molar-refractivity contribution in [2.45, 2.75) is 13.5 Å². The van der Waals surface area contributed by atoms with Gasteiger partial charge in [-0.15, -0.1) is 0 Å². The van der Waals surface area contributed by atoms with E-state index in [0.29, 0.717) is 18.1 Å². The van der Waals surface area contributed by atoms with E-state index in [1.54, 1.807) is 19.2 Å². The van der Waals surface area contributed by atoms with E-state index in [2.05, 4.69) is 10.1 Å². The van der Waals surface area contributed by atoms with Gasteiger partial charge in [-0.1, -0.05) is 17.3 Å². The Labute approximate surface area is 122 Å². The fourth-order valence-corrected chi connectivity index (χ4v) is 1.84.